The summed E-state index contributed by atoms with van der Waals surface area (Å²) in [7, 11) is 0. The summed E-state index contributed by atoms with van der Waals surface area (Å²) >= 11 is 0.965. The average molecular weight is 500 g/mol. The molecule has 0 radical (unpaired) electrons. The molecule has 35 heavy (non-hydrogen) atoms. The number of hydrogen-bond donors (Lipinski definition) is 3. The Morgan fingerprint density at radius 1 is 1.17 bits per heavy atom. The summed E-state index contributed by atoms with van der Waals surface area (Å²) in [4.78, 5) is 38.1. The Bertz CT molecular complexity index is 1240. The third kappa shape index (κ3) is 4.89. The van der Waals surface area contributed by atoms with Crippen LogP contribution in [0.3, 0.4) is 0 Å². The van der Waals surface area contributed by atoms with Crippen LogP contribution in [-0.2, 0) is 21.7 Å². The van der Waals surface area contributed by atoms with Gasteiger partial charge in [-0.3, -0.25) is 15.0 Å². The number of aromatic nitrogens is 3. The van der Waals surface area contributed by atoms with Crippen LogP contribution in [0, 0.1) is 5.82 Å². The van der Waals surface area contributed by atoms with Gasteiger partial charge in [0.25, 0.3) is 5.91 Å². The molecule has 2 aromatic carbocycles. The third-order valence-electron chi connectivity index (χ3n) is 5.37. The highest BCUT2D eigenvalue weighted by atomic mass is 32.2. The SMILES string of the molecule is CCC1(c2ccccc2)NC(=O)N(NC(=O)CSc2nnc(COc3ccc(F)cc3)n2N)C1=O. The first-order valence-electron chi connectivity index (χ1n) is 10.6. The van der Waals surface area contributed by atoms with E-state index in [4.69, 9.17) is 10.6 Å². The molecular formula is C22H22FN7O4S. The van der Waals surface area contributed by atoms with Crippen LogP contribution in [0.1, 0.15) is 24.7 Å². The van der Waals surface area contributed by atoms with Gasteiger partial charge in [-0.2, -0.15) is 5.01 Å². The lowest BCUT2D eigenvalue weighted by Crippen LogP contribution is -2.49. The first kappa shape index (κ1) is 24.0. The van der Waals surface area contributed by atoms with E-state index in [1.54, 1.807) is 37.3 Å². The Morgan fingerprint density at radius 2 is 1.89 bits per heavy atom. The number of halogens is 1. The second-order valence-electron chi connectivity index (χ2n) is 7.53. The zero-order valence-electron chi connectivity index (χ0n) is 18.6. The standard InChI is InChI=1S/C22H22FN7O4S/c1-2-22(14-6-4-3-5-7-14)19(32)30(20(33)25-22)28-18(31)13-35-21-27-26-17(29(21)24)12-34-16-10-8-15(23)9-11-16/h3-11H,2,12-13,24H2,1H3,(H,25,33)(H,28,31). The molecule has 4 rings (SSSR count). The number of nitrogens with two attached hydrogens (primary N) is 1. The maximum absolute atomic E-state index is 13.1. The van der Waals surface area contributed by atoms with E-state index >= 15 is 0 Å². The van der Waals surface area contributed by atoms with Crippen molar-refractivity contribution in [3.63, 3.8) is 0 Å². The first-order chi connectivity index (χ1) is 16.8. The first-order valence-corrected chi connectivity index (χ1v) is 11.5. The van der Waals surface area contributed by atoms with Crippen molar-refractivity contribution in [1.82, 2.24) is 30.6 Å². The fourth-order valence-electron chi connectivity index (χ4n) is 3.51. The molecule has 11 nitrogen and oxygen atoms in total. The molecule has 13 heteroatoms. The number of nitrogens with zero attached hydrogens (tertiary/aromatic N) is 4. The molecule has 1 aromatic heterocycles. The minimum atomic E-state index is -1.25. The highest BCUT2D eigenvalue weighted by Crippen LogP contribution is 2.31. The number of ether oxygens (including phenoxy) is 1. The van der Waals surface area contributed by atoms with Crippen LogP contribution in [0.15, 0.2) is 59.8 Å². The van der Waals surface area contributed by atoms with Crippen LogP contribution in [0.2, 0.25) is 0 Å². The summed E-state index contributed by atoms with van der Waals surface area (Å²) in [5, 5.41) is 11.5. The van der Waals surface area contributed by atoms with Crippen LogP contribution in [0.5, 0.6) is 5.75 Å². The smallest absolute Gasteiger partial charge is 0.344 e. The Kier molecular flexibility index (Phi) is 6.87. The molecule has 0 aliphatic carbocycles. The minimum absolute atomic E-state index is 0.0249. The molecule has 2 heterocycles. The van der Waals surface area contributed by atoms with Crippen LogP contribution in [0.4, 0.5) is 9.18 Å². The molecule has 4 N–H and O–H groups in total. The average Bonchev–Trinajstić information content (AvgIpc) is 3.34. The fraction of sp³-hybridized carbons (Fsp3) is 0.227. The number of benzene rings is 2. The summed E-state index contributed by atoms with van der Waals surface area (Å²) in [6.07, 6.45) is 0.307. The fourth-order valence-corrected chi connectivity index (χ4v) is 4.18. The Labute approximate surface area is 203 Å². The summed E-state index contributed by atoms with van der Waals surface area (Å²) in [5.74, 6) is 4.93. The predicted octanol–water partition coefficient (Wildman–Crippen LogP) is 1.69. The van der Waals surface area contributed by atoms with Gasteiger partial charge in [0.1, 0.15) is 23.7 Å². The molecule has 0 spiro atoms. The normalized spacial score (nSPS) is 17.4. The Balaban J connectivity index is 1.34. The van der Waals surface area contributed by atoms with E-state index in [0.717, 1.165) is 16.4 Å². The molecule has 0 bridgehead atoms. The van der Waals surface area contributed by atoms with Crippen LogP contribution < -0.4 is 21.3 Å². The molecular weight excluding hydrogens is 477 g/mol. The number of nitrogen functional groups attached to an aromatic ring is 1. The van der Waals surface area contributed by atoms with Crippen molar-refractivity contribution in [2.75, 3.05) is 11.6 Å². The number of hydrazine groups is 1. The summed E-state index contributed by atoms with van der Waals surface area (Å²) in [5.41, 5.74) is 1.71. The molecule has 0 saturated carbocycles. The largest absolute Gasteiger partial charge is 0.486 e. The maximum atomic E-state index is 13.1. The lowest BCUT2D eigenvalue weighted by Gasteiger charge is -2.25. The topological polar surface area (TPSA) is 144 Å². The van der Waals surface area contributed by atoms with Crippen molar-refractivity contribution in [3.05, 3.63) is 71.8 Å². The van der Waals surface area contributed by atoms with Crippen molar-refractivity contribution in [2.45, 2.75) is 30.6 Å². The maximum Gasteiger partial charge on any atom is 0.344 e. The van der Waals surface area contributed by atoms with Gasteiger partial charge in [0.2, 0.25) is 11.1 Å². The number of imide groups is 1. The highest BCUT2D eigenvalue weighted by Gasteiger charge is 2.52. The number of carbonyl (C=O) groups is 3. The number of urea groups is 1. The number of amides is 4. The Morgan fingerprint density at radius 3 is 2.57 bits per heavy atom. The molecule has 1 aliphatic rings. The van der Waals surface area contributed by atoms with Gasteiger partial charge in [0.15, 0.2) is 5.82 Å². The predicted molar refractivity (Wildman–Crippen MR) is 124 cm³/mol. The van der Waals surface area contributed by atoms with Crippen molar-refractivity contribution in [2.24, 2.45) is 0 Å². The van der Waals surface area contributed by atoms with E-state index in [1.165, 1.54) is 24.3 Å². The van der Waals surface area contributed by atoms with Gasteiger partial charge < -0.3 is 15.9 Å². The minimum Gasteiger partial charge on any atom is -0.486 e. The summed E-state index contributed by atoms with van der Waals surface area (Å²) < 4.78 is 19.6. The number of thioether (sulfide) groups is 1. The van der Waals surface area contributed by atoms with Gasteiger partial charge in [0.05, 0.1) is 5.75 Å². The van der Waals surface area contributed by atoms with Crippen LogP contribution >= 0.6 is 11.8 Å². The van der Waals surface area contributed by atoms with Gasteiger partial charge in [-0.05, 0) is 36.2 Å². The van der Waals surface area contributed by atoms with Gasteiger partial charge in [-0.25, -0.2) is 13.9 Å². The molecule has 1 unspecified atom stereocenters. The molecule has 1 saturated heterocycles. The lowest BCUT2D eigenvalue weighted by molar-refractivity contribution is -0.138. The van der Waals surface area contributed by atoms with Gasteiger partial charge >= 0.3 is 6.03 Å². The van der Waals surface area contributed by atoms with E-state index in [1.807, 2.05) is 0 Å². The van der Waals surface area contributed by atoms with E-state index in [0.29, 0.717) is 22.7 Å². The van der Waals surface area contributed by atoms with Crippen molar-refractivity contribution >= 4 is 29.6 Å². The number of rotatable bonds is 9. The highest BCUT2D eigenvalue weighted by molar-refractivity contribution is 7.99. The monoisotopic (exact) mass is 499 g/mol. The molecule has 182 valence electrons. The van der Waals surface area contributed by atoms with Gasteiger partial charge in [0, 0.05) is 0 Å². The van der Waals surface area contributed by atoms with Crippen LogP contribution in [0.25, 0.3) is 0 Å². The van der Waals surface area contributed by atoms with Crippen molar-refractivity contribution < 1.29 is 23.5 Å². The van der Waals surface area contributed by atoms with E-state index in [9.17, 15) is 18.8 Å². The third-order valence-corrected chi connectivity index (χ3v) is 6.32. The second kappa shape index (κ2) is 10.0. The number of nitrogens with one attached hydrogen (secondary N) is 2. The molecule has 1 aliphatic heterocycles. The van der Waals surface area contributed by atoms with Crippen LogP contribution in [-0.4, -0.2) is 43.5 Å². The lowest BCUT2D eigenvalue weighted by atomic mass is 9.87. The van der Waals surface area contributed by atoms with Gasteiger partial charge in [-0.15, -0.1) is 10.2 Å². The van der Waals surface area contributed by atoms with E-state index < -0.39 is 23.4 Å². The molecule has 3 aromatic rings. The summed E-state index contributed by atoms with van der Waals surface area (Å²) in [6, 6.07) is 13.6. The zero-order valence-corrected chi connectivity index (χ0v) is 19.4. The zero-order chi connectivity index (χ0) is 25.0. The van der Waals surface area contributed by atoms with Crippen molar-refractivity contribution in [1.29, 1.82) is 0 Å². The molecule has 1 fully saturated rings. The quantitative estimate of drug-likeness (QED) is 0.229. The van der Waals surface area contributed by atoms with Crippen molar-refractivity contribution in [3.8, 4) is 5.75 Å². The molecule has 1 atom stereocenters. The second-order valence-corrected chi connectivity index (χ2v) is 8.47. The number of carbonyl (C=O) groups excluding carboxylic acids is 3. The number of hydrogen-bond acceptors (Lipinski definition) is 8. The molecule has 4 amide bonds. The van der Waals surface area contributed by atoms with Gasteiger partial charge in [-0.1, -0.05) is 49.0 Å². The van der Waals surface area contributed by atoms with E-state index in [-0.39, 0.29) is 29.2 Å². The van der Waals surface area contributed by atoms with E-state index in [2.05, 4.69) is 20.9 Å². The summed E-state index contributed by atoms with van der Waals surface area (Å²) in [6.45, 7) is 1.75. The Hall–Kier alpha value is -4.13.